The lowest BCUT2D eigenvalue weighted by atomic mass is 10.2. The van der Waals surface area contributed by atoms with Gasteiger partial charge in [0, 0.05) is 36.4 Å². The number of anilines is 1. The monoisotopic (exact) mass is 311 g/mol. The summed E-state index contributed by atoms with van der Waals surface area (Å²) in [5.74, 6) is 1.66. The van der Waals surface area contributed by atoms with E-state index in [1.807, 2.05) is 19.3 Å². The van der Waals surface area contributed by atoms with Crippen LogP contribution in [0.5, 0.6) is 0 Å². The smallest absolute Gasteiger partial charge is 0.133 e. The standard InChI is InChI=1S/C14H22BrN3/c1-5-6-18(4)14-12(7-13(15)10-17-14)9-16-8-11(2)3/h5,7,10-11,16H,1,6,8-9H2,2-4H3. The summed E-state index contributed by atoms with van der Waals surface area (Å²) in [7, 11) is 2.03. The Hall–Kier alpha value is -0.870. The first-order chi connectivity index (χ1) is 8.54. The van der Waals surface area contributed by atoms with Gasteiger partial charge in [-0.05, 0) is 34.5 Å². The lowest BCUT2D eigenvalue weighted by Crippen LogP contribution is -2.24. The van der Waals surface area contributed by atoms with Crippen molar-refractivity contribution in [3.63, 3.8) is 0 Å². The number of nitrogens with zero attached hydrogens (tertiary/aromatic N) is 2. The molecule has 0 unspecified atom stereocenters. The first-order valence-electron chi connectivity index (χ1n) is 6.21. The molecule has 0 fully saturated rings. The van der Waals surface area contributed by atoms with Crippen molar-refractivity contribution in [3.8, 4) is 0 Å². The molecule has 0 aliphatic rings. The largest absolute Gasteiger partial charge is 0.356 e. The van der Waals surface area contributed by atoms with Gasteiger partial charge in [0.1, 0.15) is 5.82 Å². The van der Waals surface area contributed by atoms with Gasteiger partial charge in [0.15, 0.2) is 0 Å². The van der Waals surface area contributed by atoms with Crippen LogP contribution in [0.3, 0.4) is 0 Å². The van der Waals surface area contributed by atoms with Gasteiger partial charge in [-0.1, -0.05) is 19.9 Å². The van der Waals surface area contributed by atoms with Crippen molar-refractivity contribution >= 4 is 21.7 Å². The number of aromatic nitrogens is 1. The fourth-order valence-electron chi connectivity index (χ4n) is 1.72. The van der Waals surface area contributed by atoms with Crippen LogP contribution in [-0.4, -0.2) is 25.1 Å². The van der Waals surface area contributed by atoms with Crippen molar-refractivity contribution in [2.75, 3.05) is 25.0 Å². The number of nitrogens with one attached hydrogen (secondary N) is 1. The van der Waals surface area contributed by atoms with Crippen molar-refractivity contribution in [2.45, 2.75) is 20.4 Å². The molecule has 1 rings (SSSR count). The minimum Gasteiger partial charge on any atom is -0.356 e. The molecular formula is C14H22BrN3. The van der Waals surface area contributed by atoms with Gasteiger partial charge >= 0.3 is 0 Å². The molecular weight excluding hydrogens is 290 g/mol. The Morgan fingerprint density at radius 3 is 2.89 bits per heavy atom. The normalized spacial score (nSPS) is 10.7. The van der Waals surface area contributed by atoms with E-state index in [0.717, 1.165) is 29.9 Å². The average molecular weight is 312 g/mol. The molecule has 1 aromatic heterocycles. The average Bonchev–Trinajstić information content (AvgIpc) is 2.29. The fraction of sp³-hybridized carbons (Fsp3) is 0.500. The molecule has 1 aromatic rings. The lowest BCUT2D eigenvalue weighted by Gasteiger charge is -2.20. The number of hydrogen-bond donors (Lipinski definition) is 1. The van der Waals surface area contributed by atoms with Crippen molar-refractivity contribution in [3.05, 3.63) is 35.0 Å². The second-order valence-corrected chi connectivity index (χ2v) is 5.75. The van der Waals surface area contributed by atoms with E-state index in [1.165, 1.54) is 5.56 Å². The van der Waals surface area contributed by atoms with E-state index in [-0.39, 0.29) is 0 Å². The van der Waals surface area contributed by atoms with Gasteiger partial charge in [0.2, 0.25) is 0 Å². The molecule has 0 bridgehead atoms. The first kappa shape index (κ1) is 15.2. The van der Waals surface area contributed by atoms with Crippen LogP contribution in [0.15, 0.2) is 29.4 Å². The minimum atomic E-state index is 0.652. The topological polar surface area (TPSA) is 28.2 Å². The van der Waals surface area contributed by atoms with Crippen molar-refractivity contribution in [1.82, 2.24) is 10.3 Å². The second-order valence-electron chi connectivity index (χ2n) is 4.83. The zero-order valence-corrected chi connectivity index (χ0v) is 13.0. The van der Waals surface area contributed by atoms with Crippen LogP contribution in [0.1, 0.15) is 19.4 Å². The molecule has 0 amide bonds. The quantitative estimate of drug-likeness (QED) is 0.784. The van der Waals surface area contributed by atoms with Crippen LogP contribution in [-0.2, 0) is 6.54 Å². The third-order valence-electron chi connectivity index (χ3n) is 2.54. The number of rotatable bonds is 7. The number of halogens is 1. The highest BCUT2D eigenvalue weighted by molar-refractivity contribution is 9.10. The SMILES string of the molecule is C=CCN(C)c1ncc(Br)cc1CNCC(C)C. The Bertz CT molecular complexity index is 391. The summed E-state index contributed by atoms with van der Waals surface area (Å²) in [5, 5.41) is 3.45. The van der Waals surface area contributed by atoms with Gasteiger partial charge in [0.25, 0.3) is 0 Å². The summed E-state index contributed by atoms with van der Waals surface area (Å²) in [6.45, 7) is 10.8. The summed E-state index contributed by atoms with van der Waals surface area (Å²) in [6, 6.07) is 2.12. The van der Waals surface area contributed by atoms with E-state index < -0.39 is 0 Å². The van der Waals surface area contributed by atoms with E-state index in [9.17, 15) is 0 Å². The van der Waals surface area contributed by atoms with E-state index in [0.29, 0.717) is 5.92 Å². The zero-order chi connectivity index (χ0) is 13.5. The third-order valence-corrected chi connectivity index (χ3v) is 2.98. The second kappa shape index (κ2) is 7.54. The Balaban J connectivity index is 2.79. The Kier molecular flexibility index (Phi) is 6.36. The number of likely N-dealkylation sites (N-methyl/N-ethyl adjacent to an activating group) is 1. The number of hydrogen-bond acceptors (Lipinski definition) is 3. The molecule has 1 heterocycles. The van der Waals surface area contributed by atoms with Gasteiger partial charge in [-0.25, -0.2) is 4.98 Å². The van der Waals surface area contributed by atoms with Crippen LogP contribution >= 0.6 is 15.9 Å². The zero-order valence-electron chi connectivity index (χ0n) is 11.4. The molecule has 0 aliphatic heterocycles. The highest BCUT2D eigenvalue weighted by Crippen LogP contribution is 2.20. The highest BCUT2D eigenvalue weighted by Gasteiger charge is 2.09. The molecule has 1 N–H and O–H groups in total. The Morgan fingerprint density at radius 1 is 1.56 bits per heavy atom. The maximum absolute atomic E-state index is 4.49. The molecule has 3 nitrogen and oxygen atoms in total. The number of pyridine rings is 1. The van der Waals surface area contributed by atoms with E-state index in [1.54, 1.807) is 0 Å². The predicted molar refractivity (Wildman–Crippen MR) is 81.9 cm³/mol. The summed E-state index contributed by atoms with van der Waals surface area (Å²) >= 11 is 3.48. The molecule has 0 radical (unpaired) electrons. The maximum Gasteiger partial charge on any atom is 0.133 e. The third kappa shape index (κ3) is 4.78. The Labute approximate surface area is 118 Å². The summed E-state index contributed by atoms with van der Waals surface area (Å²) < 4.78 is 1.01. The highest BCUT2D eigenvalue weighted by atomic mass is 79.9. The molecule has 0 spiro atoms. The van der Waals surface area contributed by atoms with Gasteiger partial charge in [0.05, 0.1) is 0 Å². The minimum absolute atomic E-state index is 0.652. The van der Waals surface area contributed by atoms with Crippen LogP contribution in [0.25, 0.3) is 0 Å². The molecule has 4 heteroatoms. The first-order valence-corrected chi connectivity index (χ1v) is 7.01. The molecule has 18 heavy (non-hydrogen) atoms. The van der Waals surface area contributed by atoms with Gasteiger partial charge in [-0.15, -0.1) is 6.58 Å². The fourth-order valence-corrected chi connectivity index (χ4v) is 2.10. The molecule has 0 atom stereocenters. The van der Waals surface area contributed by atoms with E-state index in [2.05, 4.69) is 57.6 Å². The predicted octanol–water partition coefficient (Wildman–Crippen LogP) is 3.21. The lowest BCUT2D eigenvalue weighted by molar-refractivity contribution is 0.551. The van der Waals surface area contributed by atoms with Crippen LogP contribution in [0.4, 0.5) is 5.82 Å². The molecule has 0 saturated carbocycles. The van der Waals surface area contributed by atoms with Crippen molar-refractivity contribution < 1.29 is 0 Å². The van der Waals surface area contributed by atoms with Crippen LogP contribution in [0, 0.1) is 5.92 Å². The summed E-state index contributed by atoms with van der Waals surface area (Å²) in [5.41, 5.74) is 1.20. The summed E-state index contributed by atoms with van der Waals surface area (Å²) in [6.07, 6.45) is 3.72. The summed E-state index contributed by atoms with van der Waals surface area (Å²) in [4.78, 5) is 6.59. The van der Waals surface area contributed by atoms with Crippen LogP contribution in [0.2, 0.25) is 0 Å². The molecule has 100 valence electrons. The van der Waals surface area contributed by atoms with E-state index in [4.69, 9.17) is 0 Å². The van der Waals surface area contributed by atoms with E-state index >= 15 is 0 Å². The molecule has 0 saturated heterocycles. The van der Waals surface area contributed by atoms with Crippen molar-refractivity contribution in [2.24, 2.45) is 5.92 Å². The van der Waals surface area contributed by atoms with Crippen LogP contribution < -0.4 is 10.2 Å². The Morgan fingerprint density at radius 2 is 2.28 bits per heavy atom. The molecule has 0 aliphatic carbocycles. The van der Waals surface area contributed by atoms with Gasteiger partial charge in [-0.2, -0.15) is 0 Å². The maximum atomic E-state index is 4.49. The van der Waals surface area contributed by atoms with Crippen molar-refractivity contribution in [1.29, 1.82) is 0 Å². The van der Waals surface area contributed by atoms with Gasteiger partial charge in [-0.3, -0.25) is 0 Å². The van der Waals surface area contributed by atoms with Gasteiger partial charge < -0.3 is 10.2 Å². The molecule has 0 aromatic carbocycles.